The maximum absolute atomic E-state index is 14.0. The first-order valence-electron chi connectivity index (χ1n) is 14.0. The Bertz CT molecular complexity index is 1230. The standard InChI is InChI=1S/C32H37ClN2O2/c1-31-17-15-26-24(19-34-28-18-23(36)14-16-32(26,28)2)25(31)12-13-27(31)30(37)35-29(20-6-4-3-5-7-20)21-8-10-22(33)11-9-21/h3-11,24-27,29H,12-19H2,1-2H3,(H,35,37)/t24-,25-,26+,27?,29?,31-,32+/m0/s1. The number of nitrogens with zero attached hydrogens (tertiary/aromatic N) is 1. The molecule has 1 amide bonds. The predicted molar refractivity (Wildman–Crippen MR) is 148 cm³/mol. The summed E-state index contributed by atoms with van der Waals surface area (Å²) in [6.07, 6.45) is 6.42. The van der Waals surface area contributed by atoms with Crippen LogP contribution in [0, 0.1) is 34.5 Å². The quantitative estimate of drug-likeness (QED) is 0.484. The number of Topliss-reactive ketones (excluding diaryl/α,β-unsaturated/α-hetero) is 1. The van der Waals surface area contributed by atoms with Gasteiger partial charge in [0.1, 0.15) is 5.78 Å². The molecule has 37 heavy (non-hydrogen) atoms. The summed E-state index contributed by atoms with van der Waals surface area (Å²) < 4.78 is 0. The molecule has 0 saturated heterocycles. The molecule has 5 heteroatoms. The zero-order valence-corrected chi connectivity index (χ0v) is 22.6. The summed E-state index contributed by atoms with van der Waals surface area (Å²) in [5, 5.41) is 4.15. The highest BCUT2D eigenvalue weighted by Crippen LogP contribution is 2.63. The number of hydrogen-bond acceptors (Lipinski definition) is 3. The number of carbonyl (C=O) groups excluding carboxylic acids is 2. The normalized spacial score (nSPS) is 35.5. The molecule has 2 aromatic rings. The van der Waals surface area contributed by atoms with Crippen LogP contribution in [0.4, 0.5) is 0 Å². The van der Waals surface area contributed by atoms with Crippen LogP contribution in [0.25, 0.3) is 0 Å². The van der Waals surface area contributed by atoms with Crippen molar-refractivity contribution in [3.8, 4) is 0 Å². The van der Waals surface area contributed by atoms with Crippen LogP contribution in [-0.2, 0) is 9.59 Å². The molecule has 2 aromatic carbocycles. The summed E-state index contributed by atoms with van der Waals surface area (Å²) >= 11 is 6.17. The molecule has 3 aliphatic carbocycles. The summed E-state index contributed by atoms with van der Waals surface area (Å²) in [6.45, 7) is 5.57. The Morgan fingerprint density at radius 1 is 0.973 bits per heavy atom. The number of halogens is 1. The summed E-state index contributed by atoms with van der Waals surface area (Å²) in [5.41, 5.74) is 3.33. The van der Waals surface area contributed by atoms with Crippen molar-refractivity contribution >= 4 is 29.0 Å². The maximum Gasteiger partial charge on any atom is 0.224 e. The third-order valence-electron chi connectivity index (χ3n) is 10.6. The second-order valence-electron chi connectivity index (χ2n) is 12.4. The third kappa shape index (κ3) is 4.16. The van der Waals surface area contributed by atoms with Crippen LogP contribution in [0.1, 0.15) is 76.0 Å². The zero-order chi connectivity index (χ0) is 25.8. The molecule has 4 aliphatic rings. The van der Waals surface area contributed by atoms with Crippen molar-refractivity contribution in [1.29, 1.82) is 0 Å². The van der Waals surface area contributed by atoms with E-state index in [1.165, 1.54) is 0 Å². The van der Waals surface area contributed by atoms with Gasteiger partial charge in [0.15, 0.2) is 0 Å². The van der Waals surface area contributed by atoms with E-state index in [0.29, 0.717) is 41.4 Å². The van der Waals surface area contributed by atoms with Crippen molar-refractivity contribution in [3.63, 3.8) is 0 Å². The molecule has 1 heterocycles. The molecular formula is C32H37ClN2O2. The van der Waals surface area contributed by atoms with E-state index in [4.69, 9.17) is 16.6 Å². The van der Waals surface area contributed by atoms with Gasteiger partial charge in [0, 0.05) is 41.5 Å². The van der Waals surface area contributed by atoms with Crippen LogP contribution in [0.5, 0.6) is 0 Å². The van der Waals surface area contributed by atoms with Crippen LogP contribution in [-0.4, -0.2) is 23.9 Å². The van der Waals surface area contributed by atoms with Gasteiger partial charge < -0.3 is 5.32 Å². The molecule has 2 unspecified atom stereocenters. The second-order valence-corrected chi connectivity index (χ2v) is 12.8. The van der Waals surface area contributed by atoms with Gasteiger partial charge in [0.25, 0.3) is 0 Å². The smallest absolute Gasteiger partial charge is 0.224 e. The molecule has 0 aromatic heterocycles. The highest BCUT2D eigenvalue weighted by Gasteiger charge is 2.60. The fourth-order valence-electron chi connectivity index (χ4n) is 8.54. The lowest BCUT2D eigenvalue weighted by molar-refractivity contribution is -0.132. The molecule has 0 bridgehead atoms. The SMILES string of the molecule is C[C@]12CCC(=O)CC1=NC[C@@H]1[C@H]2CC[C@]2(C)C(C(=O)NC(c3ccccc3)c3ccc(Cl)cc3)CC[C@@H]12. The number of amides is 1. The van der Waals surface area contributed by atoms with Gasteiger partial charge in [-0.3, -0.25) is 14.6 Å². The molecule has 1 N–H and O–H groups in total. The zero-order valence-electron chi connectivity index (χ0n) is 21.9. The van der Waals surface area contributed by atoms with Crippen LogP contribution >= 0.6 is 11.6 Å². The van der Waals surface area contributed by atoms with E-state index in [2.05, 4.69) is 31.3 Å². The third-order valence-corrected chi connectivity index (χ3v) is 10.9. The molecule has 0 spiro atoms. The Morgan fingerprint density at radius 3 is 2.46 bits per heavy atom. The highest BCUT2D eigenvalue weighted by atomic mass is 35.5. The number of nitrogens with one attached hydrogen (secondary N) is 1. The average molecular weight is 517 g/mol. The van der Waals surface area contributed by atoms with Crippen molar-refractivity contribution in [2.75, 3.05) is 6.54 Å². The molecule has 3 saturated carbocycles. The topological polar surface area (TPSA) is 58.5 Å². The molecule has 1 aliphatic heterocycles. The van der Waals surface area contributed by atoms with Crippen molar-refractivity contribution in [1.82, 2.24) is 5.32 Å². The van der Waals surface area contributed by atoms with Crippen LogP contribution in [0.3, 0.4) is 0 Å². The lowest BCUT2D eigenvalue weighted by Crippen LogP contribution is -2.55. The summed E-state index contributed by atoms with van der Waals surface area (Å²) in [4.78, 5) is 31.2. The molecule has 6 rings (SSSR count). The van der Waals surface area contributed by atoms with Crippen LogP contribution < -0.4 is 5.32 Å². The Balaban J connectivity index is 1.25. The highest BCUT2D eigenvalue weighted by molar-refractivity contribution is 6.30. The Morgan fingerprint density at radius 2 is 1.70 bits per heavy atom. The first kappa shape index (κ1) is 24.9. The molecule has 3 fully saturated rings. The van der Waals surface area contributed by atoms with Gasteiger partial charge in [0.05, 0.1) is 6.04 Å². The van der Waals surface area contributed by atoms with Crippen molar-refractivity contribution in [2.45, 2.75) is 64.8 Å². The van der Waals surface area contributed by atoms with Crippen molar-refractivity contribution < 1.29 is 9.59 Å². The lowest BCUT2D eigenvalue weighted by Gasteiger charge is -2.56. The summed E-state index contributed by atoms with van der Waals surface area (Å²) in [5.74, 6) is 2.12. The van der Waals surface area contributed by atoms with Gasteiger partial charge in [-0.1, -0.05) is 67.9 Å². The number of ketones is 1. The fourth-order valence-corrected chi connectivity index (χ4v) is 8.66. The van der Waals surface area contributed by atoms with Gasteiger partial charge >= 0.3 is 0 Å². The van der Waals surface area contributed by atoms with E-state index in [1.807, 2.05) is 42.5 Å². The number of fused-ring (bicyclic) bond motifs is 5. The largest absolute Gasteiger partial charge is 0.345 e. The molecule has 4 nitrogen and oxygen atoms in total. The van der Waals surface area contributed by atoms with Crippen LogP contribution in [0.2, 0.25) is 5.02 Å². The monoisotopic (exact) mass is 516 g/mol. The number of benzene rings is 2. The van der Waals surface area contributed by atoms with Gasteiger partial charge in [-0.05, 0) is 78.5 Å². The van der Waals surface area contributed by atoms with Gasteiger partial charge in [-0.25, -0.2) is 0 Å². The molecule has 0 radical (unpaired) electrons. The minimum Gasteiger partial charge on any atom is -0.345 e. The summed E-state index contributed by atoms with van der Waals surface area (Å²) in [6, 6.07) is 17.8. The summed E-state index contributed by atoms with van der Waals surface area (Å²) in [7, 11) is 0. The van der Waals surface area contributed by atoms with Gasteiger partial charge in [-0.15, -0.1) is 0 Å². The van der Waals surface area contributed by atoms with Crippen molar-refractivity contribution in [2.24, 2.45) is 39.5 Å². The number of aliphatic imine (C=N–C) groups is 1. The maximum atomic E-state index is 14.0. The molecular weight excluding hydrogens is 480 g/mol. The van der Waals surface area contributed by atoms with E-state index in [9.17, 15) is 9.59 Å². The van der Waals surface area contributed by atoms with E-state index in [-0.39, 0.29) is 28.7 Å². The number of hydrogen-bond donors (Lipinski definition) is 1. The number of rotatable bonds is 4. The Labute approximate surface area is 225 Å². The second kappa shape index (κ2) is 9.38. The van der Waals surface area contributed by atoms with E-state index < -0.39 is 0 Å². The fraction of sp³-hybridized carbons (Fsp3) is 0.531. The molecule has 7 atom stereocenters. The van der Waals surface area contributed by atoms with Crippen LogP contribution in [0.15, 0.2) is 59.6 Å². The predicted octanol–water partition coefficient (Wildman–Crippen LogP) is 6.82. The minimum atomic E-state index is -0.203. The van der Waals surface area contributed by atoms with Crippen molar-refractivity contribution in [3.05, 3.63) is 70.7 Å². The average Bonchev–Trinajstić information content (AvgIpc) is 3.26. The Hall–Kier alpha value is -2.46. The van der Waals surface area contributed by atoms with E-state index >= 15 is 0 Å². The minimum absolute atomic E-state index is 0.00285. The molecule has 194 valence electrons. The Kier molecular flexibility index (Phi) is 6.30. The first-order chi connectivity index (χ1) is 17.8. The lowest BCUT2D eigenvalue weighted by atomic mass is 9.49. The van der Waals surface area contributed by atoms with E-state index in [1.54, 1.807) is 0 Å². The van der Waals surface area contributed by atoms with E-state index in [0.717, 1.165) is 55.5 Å². The first-order valence-corrected chi connectivity index (χ1v) is 14.3. The van der Waals surface area contributed by atoms with Gasteiger partial charge in [0.2, 0.25) is 5.91 Å². The number of carbonyl (C=O) groups is 2. The van der Waals surface area contributed by atoms with Gasteiger partial charge in [-0.2, -0.15) is 0 Å².